The summed E-state index contributed by atoms with van der Waals surface area (Å²) in [6.45, 7) is 4.30. The number of rotatable bonds is 6. The molecule has 0 spiro atoms. The van der Waals surface area contributed by atoms with Crippen LogP contribution in [0.15, 0.2) is 24.3 Å². The van der Waals surface area contributed by atoms with Gasteiger partial charge in [-0.3, -0.25) is 0 Å². The number of nitrogens with one attached hydrogen (secondary N) is 2. The molecule has 1 aliphatic rings. The molecule has 0 saturated carbocycles. The second-order valence-corrected chi connectivity index (χ2v) is 7.08. The normalized spacial score (nSPS) is 18.5. The fourth-order valence-electron chi connectivity index (χ4n) is 2.32. The Kier molecular flexibility index (Phi) is 5.58. The molecule has 0 aromatic heterocycles. The summed E-state index contributed by atoms with van der Waals surface area (Å²) in [4.78, 5) is 0. The van der Waals surface area contributed by atoms with Crippen LogP contribution in [0.3, 0.4) is 0 Å². The number of hydrogen-bond donors (Lipinski definition) is 3. The Bertz CT molecular complexity index is 539. The van der Waals surface area contributed by atoms with Crippen LogP contribution >= 0.6 is 0 Å². The first-order valence-corrected chi connectivity index (χ1v) is 8.67. The van der Waals surface area contributed by atoms with Crippen LogP contribution in [0.25, 0.3) is 0 Å². The summed E-state index contributed by atoms with van der Waals surface area (Å²) in [5, 5.41) is 12.4. The van der Waals surface area contributed by atoms with E-state index in [0.717, 1.165) is 18.4 Å². The molecule has 0 radical (unpaired) electrons. The van der Waals surface area contributed by atoms with Crippen molar-refractivity contribution in [1.82, 2.24) is 14.3 Å². The molecule has 21 heavy (non-hydrogen) atoms. The van der Waals surface area contributed by atoms with E-state index in [1.54, 1.807) is 12.1 Å². The number of aryl methyl sites for hydroxylation is 1. The van der Waals surface area contributed by atoms with Gasteiger partial charge in [-0.05, 0) is 37.5 Å². The number of hydrogen-bond acceptors (Lipinski definition) is 4. The van der Waals surface area contributed by atoms with Crippen molar-refractivity contribution < 1.29 is 13.5 Å². The molecule has 1 fully saturated rings. The van der Waals surface area contributed by atoms with Crippen LogP contribution in [-0.4, -0.2) is 50.1 Å². The molecule has 1 unspecified atom stereocenters. The Labute approximate surface area is 126 Å². The van der Waals surface area contributed by atoms with Crippen LogP contribution in [-0.2, 0) is 16.6 Å². The number of phenolic OH excluding ortho intramolecular Hbond substituents is 1. The summed E-state index contributed by atoms with van der Waals surface area (Å²) in [6, 6.07) is 6.87. The summed E-state index contributed by atoms with van der Waals surface area (Å²) in [7, 11) is -3.39. The molecular formula is C14H23N3O3S. The quantitative estimate of drug-likeness (QED) is 0.712. The maximum atomic E-state index is 12.2. The average molecular weight is 313 g/mol. The lowest BCUT2D eigenvalue weighted by Crippen LogP contribution is -2.52. The monoisotopic (exact) mass is 313 g/mol. The van der Waals surface area contributed by atoms with Crippen LogP contribution in [0, 0.1) is 0 Å². The highest BCUT2D eigenvalue weighted by molar-refractivity contribution is 7.87. The smallest absolute Gasteiger partial charge is 0.279 e. The van der Waals surface area contributed by atoms with Crippen molar-refractivity contribution in [3.63, 3.8) is 0 Å². The second kappa shape index (κ2) is 7.22. The first-order chi connectivity index (χ1) is 9.97. The molecule has 1 saturated heterocycles. The van der Waals surface area contributed by atoms with Crippen molar-refractivity contribution >= 4 is 10.2 Å². The van der Waals surface area contributed by atoms with Crippen molar-refractivity contribution in [1.29, 1.82) is 0 Å². The molecule has 1 heterocycles. The highest BCUT2D eigenvalue weighted by Gasteiger charge is 2.24. The van der Waals surface area contributed by atoms with Crippen molar-refractivity contribution in [3.05, 3.63) is 29.8 Å². The predicted molar refractivity (Wildman–Crippen MR) is 82.4 cm³/mol. The molecule has 1 aromatic carbocycles. The van der Waals surface area contributed by atoms with Crippen LogP contribution in [0.4, 0.5) is 0 Å². The summed E-state index contributed by atoms with van der Waals surface area (Å²) in [5.41, 5.74) is 1.08. The fraction of sp³-hybridized carbons (Fsp3) is 0.571. The van der Waals surface area contributed by atoms with Crippen LogP contribution in [0.1, 0.15) is 18.9 Å². The fourth-order valence-corrected chi connectivity index (χ4v) is 3.76. The van der Waals surface area contributed by atoms with Crippen molar-refractivity contribution in [2.45, 2.75) is 25.8 Å². The molecule has 6 nitrogen and oxygen atoms in total. The molecule has 1 aromatic rings. The van der Waals surface area contributed by atoms with Gasteiger partial charge >= 0.3 is 0 Å². The lowest BCUT2D eigenvalue weighted by Gasteiger charge is -2.28. The predicted octanol–water partition coefficient (Wildman–Crippen LogP) is 0.453. The van der Waals surface area contributed by atoms with Gasteiger partial charge in [0, 0.05) is 32.2 Å². The van der Waals surface area contributed by atoms with E-state index >= 15 is 0 Å². The molecule has 1 atom stereocenters. The van der Waals surface area contributed by atoms with Gasteiger partial charge in [0.1, 0.15) is 5.75 Å². The highest BCUT2D eigenvalue weighted by atomic mass is 32.2. The Hall–Kier alpha value is -1.15. The van der Waals surface area contributed by atoms with E-state index in [2.05, 4.69) is 10.0 Å². The van der Waals surface area contributed by atoms with Crippen molar-refractivity contribution in [2.75, 3.05) is 26.2 Å². The van der Waals surface area contributed by atoms with Gasteiger partial charge in [-0.15, -0.1) is 0 Å². The largest absolute Gasteiger partial charge is 0.508 e. The second-order valence-electron chi connectivity index (χ2n) is 5.38. The third kappa shape index (κ3) is 4.96. The van der Waals surface area contributed by atoms with Crippen molar-refractivity contribution in [2.24, 2.45) is 0 Å². The zero-order valence-corrected chi connectivity index (χ0v) is 13.1. The molecule has 0 bridgehead atoms. The van der Waals surface area contributed by atoms with Gasteiger partial charge in [0.2, 0.25) is 0 Å². The van der Waals surface area contributed by atoms with Gasteiger partial charge in [-0.1, -0.05) is 12.1 Å². The SMILES string of the molecule is CC(CCc1ccc(O)cc1)NS(=O)(=O)N1CCNCC1. The first-order valence-electron chi connectivity index (χ1n) is 7.23. The molecule has 7 heteroatoms. The Morgan fingerprint density at radius 3 is 2.52 bits per heavy atom. The number of nitrogens with zero attached hydrogens (tertiary/aromatic N) is 1. The van der Waals surface area contributed by atoms with Crippen LogP contribution in [0.2, 0.25) is 0 Å². The van der Waals surface area contributed by atoms with Gasteiger partial charge in [0.25, 0.3) is 10.2 Å². The minimum atomic E-state index is -3.39. The maximum absolute atomic E-state index is 12.2. The van der Waals surface area contributed by atoms with E-state index < -0.39 is 10.2 Å². The molecule has 0 amide bonds. The van der Waals surface area contributed by atoms with E-state index in [1.807, 2.05) is 19.1 Å². The Morgan fingerprint density at radius 1 is 1.29 bits per heavy atom. The molecule has 1 aliphatic heterocycles. The molecular weight excluding hydrogens is 290 g/mol. The van der Waals surface area contributed by atoms with Gasteiger partial charge in [-0.2, -0.15) is 17.4 Å². The van der Waals surface area contributed by atoms with Crippen molar-refractivity contribution in [3.8, 4) is 5.75 Å². The van der Waals surface area contributed by atoms with Gasteiger partial charge < -0.3 is 10.4 Å². The topological polar surface area (TPSA) is 81.7 Å². The van der Waals surface area contributed by atoms with E-state index in [9.17, 15) is 13.5 Å². The lowest BCUT2D eigenvalue weighted by molar-refractivity contribution is 0.351. The summed E-state index contributed by atoms with van der Waals surface area (Å²) in [5.74, 6) is 0.242. The third-order valence-corrected chi connectivity index (χ3v) is 5.31. The Balaban J connectivity index is 1.83. The van der Waals surface area contributed by atoms with Gasteiger partial charge in [0.15, 0.2) is 0 Å². The van der Waals surface area contributed by atoms with E-state index in [-0.39, 0.29) is 11.8 Å². The maximum Gasteiger partial charge on any atom is 0.279 e. The van der Waals surface area contributed by atoms with E-state index in [0.29, 0.717) is 26.2 Å². The molecule has 3 N–H and O–H groups in total. The number of aromatic hydroxyl groups is 1. The van der Waals surface area contributed by atoms with Gasteiger partial charge in [-0.25, -0.2) is 0 Å². The highest BCUT2D eigenvalue weighted by Crippen LogP contribution is 2.12. The minimum absolute atomic E-state index is 0.126. The zero-order chi connectivity index (χ0) is 15.3. The Morgan fingerprint density at radius 2 is 1.90 bits per heavy atom. The average Bonchev–Trinajstić information content (AvgIpc) is 2.47. The molecule has 118 valence electrons. The van der Waals surface area contributed by atoms with Crippen LogP contribution < -0.4 is 10.0 Å². The lowest BCUT2D eigenvalue weighted by atomic mass is 10.1. The summed E-state index contributed by atoms with van der Waals surface area (Å²) < 4.78 is 28.6. The minimum Gasteiger partial charge on any atom is -0.508 e. The zero-order valence-electron chi connectivity index (χ0n) is 12.2. The van der Waals surface area contributed by atoms with E-state index in [4.69, 9.17) is 0 Å². The summed E-state index contributed by atoms with van der Waals surface area (Å²) >= 11 is 0. The number of benzene rings is 1. The number of piperazine rings is 1. The molecule has 0 aliphatic carbocycles. The van der Waals surface area contributed by atoms with Crippen LogP contribution in [0.5, 0.6) is 5.75 Å². The third-order valence-electron chi connectivity index (χ3n) is 3.57. The summed E-state index contributed by atoms with van der Waals surface area (Å²) in [6.07, 6.45) is 1.49. The first kappa shape index (κ1) is 16.2. The standard InChI is InChI=1S/C14H23N3O3S/c1-12(2-3-13-4-6-14(18)7-5-13)16-21(19,20)17-10-8-15-9-11-17/h4-7,12,15-16,18H,2-3,8-11H2,1H3. The number of phenols is 1. The molecule has 2 rings (SSSR count). The van der Waals surface area contributed by atoms with Gasteiger partial charge in [0.05, 0.1) is 0 Å². The van der Waals surface area contributed by atoms with E-state index in [1.165, 1.54) is 4.31 Å².